The smallest absolute Gasteiger partial charge is 0.177 e. The third kappa shape index (κ3) is 2.89. The SMILES string of the molecule is Nc1ccc(-c2cc3c(-c4cnn(C5CCCCC5)c4)cnc(N)c3o2)cn1. The number of hydrogen-bond acceptors (Lipinski definition) is 6. The van der Waals surface area contributed by atoms with Crippen molar-refractivity contribution in [3.05, 3.63) is 43.0 Å². The van der Waals surface area contributed by atoms with Gasteiger partial charge in [0, 0.05) is 40.7 Å². The van der Waals surface area contributed by atoms with E-state index in [1.807, 2.05) is 18.3 Å². The largest absolute Gasteiger partial charge is 0.452 e. The fourth-order valence-corrected chi connectivity index (χ4v) is 3.99. The van der Waals surface area contributed by atoms with Crippen LogP contribution in [0.5, 0.6) is 0 Å². The molecule has 0 amide bonds. The highest BCUT2D eigenvalue weighted by Crippen LogP contribution is 2.37. The minimum Gasteiger partial charge on any atom is -0.452 e. The Morgan fingerprint density at radius 3 is 2.61 bits per heavy atom. The van der Waals surface area contributed by atoms with Crippen LogP contribution in [0.1, 0.15) is 38.1 Å². The van der Waals surface area contributed by atoms with Crippen LogP contribution in [0.4, 0.5) is 11.6 Å². The quantitative estimate of drug-likeness (QED) is 0.549. The van der Waals surface area contributed by atoms with Crippen LogP contribution in [0.2, 0.25) is 0 Å². The van der Waals surface area contributed by atoms with Crippen molar-refractivity contribution in [1.82, 2.24) is 19.7 Å². The van der Waals surface area contributed by atoms with Crippen molar-refractivity contribution in [2.24, 2.45) is 0 Å². The zero-order valence-electron chi connectivity index (χ0n) is 15.5. The molecule has 1 aliphatic carbocycles. The fraction of sp³-hybridized carbons (Fsp3) is 0.286. The number of furan rings is 1. The van der Waals surface area contributed by atoms with E-state index in [1.165, 1.54) is 32.1 Å². The summed E-state index contributed by atoms with van der Waals surface area (Å²) in [6.45, 7) is 0. The van der Waals surface area contributed by atoms with E-state index in [1.54, 1.807) is 18.5 Å². The number of anilines is 2. The maximum atomic E-state index is 6.08. The number of hydrogen-bond donors (Lipinski definition) is 2. The predicted molar refractivity (Wildman–Crippen MR) is 109 cm³/mol. The number of fused-ring (bicyclic) bond motifs is 1. The average Bonchev–Trinajstić information content (AvgIpc) is 3.38. The Morgan fingerprint density at radius 1 is 0.964 bits per heavy atom. The molecule has 0 aliphatic heterocycles. The van der Waals surface area contributed by atoms with Crippen LogP contribution in [-0.4, -0.2) is 19.7 Å². The number of nitrogens with zero attached hydrogens (tertiary/aromatic N) is 4. The second-order valence-corrected chi connectivity index (χ2v) is 7.38. The summed E-state index contributed by atoms with van der Waals surface area (Å²) in [5.74, 6) is 1.52. The molecule has 0 unspecified atom stereocenters. The van der Waals surface area contributed by atoms with E-state index in [0.29, 0.717) is 29.0 Å². The van der Waals surface area contributed by atoms with Crippen LogP contribution in [0, 0.1) is 0 Å². The Labute approximate surface area is 162 Å². The predicted octanol–water partition coefficient (Wildman–Crippen LogP) is 4.42. The monoisotopic (exact) mass is 374 g/mol. The summed E-state index contributed by atoms with van der Waals surface area (Å²) in [7, 11) is 0. The third-order valence-electron chi connectivity index (χ3n) is 5.52. The lowest BCUT2D eigenvalue weighted by atomic mass is 9.96. The lowest BCUT2D eigenvalue weighted by Crippen LogP contribution is -2.12. The van der Waals surface area contributed by atoms with Crippen molar-refractivity contribution < 1.29 is 4.42 Å². The molecular formula is C21H22N6O. The van der Waals surface area contributed by atoms with E-state index >= 15 is 0 Å². The summed E-state index contributed by atoms with van der Waals surface area (Å²) >= 11 is 0. The summed E-state index contributed by atoms with van der Waals surface area (Å²) in [6.07, 6.45) is 13.7. The number of rotatable bonds is 3. The van der Waals surface area contributed by atoms with Crippen molar-refractivity contribution in [2.75, 3.05) is 11.5 Å². The molecule has 5 rings (SSSR count). The van der Waals surface area contributed by atoms with Crippen LogP contribution < -0.4 is 11.5 Å². The van der Waals surface area contributed by atoms with Gasteiger partial charge >= 0.3 is 0 Å². The van der Waals surface area contributed by atoms with Crippen molar-refractivity contribution in [3.8, 4) is 22.5 Å². The Balaban J connectivity index is 1.57. The van der Waals surface area contributed by atoms with E-state index in [4.69, 9.17) is 15.9 Å². The molecule has 0 bridgehead atoms. The van der Waals surface area contributed by atoms with Crippen molar-refractivity contribution >= 4 is 22.6 Å². The first-order valence-electron chi connectivity index (χ1n) is 9.63. The first-order valence-corrected chi connectivity index (χ1v) is 9.63. The van der Waals surface area contributed by atoms with Gasteiger partial charge in [0.25, 0.3) is 0 Å². The molecule has 28 heavy (non-hydrogen) atoms. The molecule has 0 atom stereocenters. The number of nitrogen functional groups attached to an aromatic ring is 2. The Morgan fingerprint density at radius 2 is 1.82 bits per heavy atom. The van der Waals surface area contributed by atoms with Gasteiger partial charge in [0.15, 0.2) is 11.4 Å². The molecule has 4 aromatic heterocycles. The van der Waals surface area contributed by atoms with Crippen LogP contribution in [-0.2, 0) is 0 Å². The third-order valence-corrected chi connectivity index (χ3v) is 5.52. The van der Waals surface area contributed by atoms with Crippen LogP contribution in [0.15, 0.2) is 47.4 Å². The van der Waals surface area contributed by atoms with Gasteiger partial charge in [-0.05, 0) is 31.0 Å². The Kier molecular flexibility index (Phi) is 4.00. The standard InChI is InChI=1S/C21H22N6O/c22-19-7-6-13(9-24-19)18-8-16-17(11-25-21(23)20(16)28-18)14-10-26-27(12-14)15-4-2-1-3-5-15/h6-12,15H,1-5H2,(H2,22,24)(H2,23,25). The van der Waals surface area contributed by atoms with Crippen LogP contribution in [0.25, 0.3) is 33.4 Å². The van der Waals surface area contributed by atoms with Gasteiger partial charge in [0.1, 0.15) is 11.6 Å². The number of nitrogens with two attached hydrogens (primary N) is 2. The summed E-state index contributed by atoms with van der Waals surface area (Å²) in [4.78, 5) is 8.48. The van der Waals surface area contributed by atoms with Crippen molar-refractivity contribution in [3.63, 3.8) is 0 Å². The normalized spacial score (nSPS) is 15.3. The molecular weight excluding hydrogens is 352 g/mol. The molecule has 0 saturated heterocycles. The maximum Gasteiger partial charge on any atom is 0.177 e. The average molecular weight is 374 g/mol. The van der Waals surface area contributed by atoms with Gasteiger partial charge in [-0.15, -0.1) is 0 Å². The van der Waals surface area contributed by atoms with Crippen molar-refractivity contribution in [2.45, 2.75) is 38.1 Å². The molecule has 1 fully saturated rings. The topological polar surface area (TPSA) is 109 Å². The molecule has 4 N–H and O–H groups in total. The Hall–Kier alpha value is -3.35. The highest BCUT2D eigenvalue weighted by atomic mass is 16.3. The van der Waals surface area contributed by atoms with Crippen LogP contribution >= 0.6 is 0 Å². The zero-order valence-corrected chi connectivity index (χ0v) is 15.5. The molecule has 142 valence electrons. The first kappa shape index (κ1) is 16.8. The number of aromatic nitrogens is 4. The summed E-state index contributed by atoms with van der Waals surface area (Å²) < 4.78 is 8.11. The molecule has 1 aliphatic rings. The van der Waals surface area contributed by atoms with E-state index in [-0.39, 0.29) is 0 Å². The highest BCUT2D eigenvalue weighted by molar-refractivity contribution is 6.00. The van der Waals surface area contributed by atoms with E-state index in [2.05, 4.69) is 25.9 Å². The molecule has 7 heteroatoms. The minimum atomic E-state index is 0.369. The second-order valence-electron chi connectivity index (χ2n) is 7.38. The highest BCUT2D eigenvalue weighted by Gasteiger charge is 2.19. The summed E-state index contributed by atoms with van der Waals surface area (Å²) in [5, 5.41) is 5.54. The fourth-order valence-electron chi connectivity index (χ4n) is 3.99. The second kappa shape index (κ2) is 6.67. The molecule has 4 heterocycles. The van der Waals surface area contributed by atoms with E-state index in [0.717, 1.165) is 22.1 Å². The summed E-state index contributed by atoms with van der Waals surface area (Å²) in [5.41, 5.74) is 15.2. The number of pyridine rings is 2. The zero-order chi connectivity index (χ0) is 19.1. The lowest BCUT2D eigenvalue weighted by molar-refractivity contribution is 0.329. The van der Waals surface area contributed by atoms with Gasteiger partial charge in [0.05, 0.1) is 12.2 Å². The van der Waals surface area contributed by atoms with E-state index < -0.39 is 0 Å². The maximum absolute atomic E-state index is 6.08. The van der Waals surface area contributed by atoms with E-state index in [9.17, 15) is 0 Å². The minimum absolute atomic E-state index is 0.369. The van der Waals surface area contributed by atoms with Gasteiger partial charge in [-0.25, -0.2) is 9.97 Å². The Bertz CT molecular complexity index is 1120. The molecule has 1 saturated carbocycles. The molecule has 0 aromatic carbocycles. The van der Waals surface area contributed by atoms with Crippen molar-refractivity contribution in [1.29, 1.82) is 0 Å². The lowest BCUT2D eigenvalue weighted by Gasteiger charge is -2.21. The van der Waals surface area contributed by atoms with Gasteiger partial charge in [-0.3, -0.25) is 4.68 Å². The molecule has 7 nitrogen and oxygen atoms in total. The van der Waals surface area contributed by atoms with Gasteiger partial charge in [-0.2, -0.15) is 5.10 Å². The van der Waals surface area contributed by atoms with Gasteiger partial charge in [0.2, 0.25) is 0 Å². The molecule has 0 spiro atoms. The molecule has 0 radical (unpaired) electrons. The molecule has 4 aromatic rings. The van der Waals surface area contributed by atoms with Crippen LogP contribution in [0.3, 0.4) is 0 Å². The first-order chi connectivity index (χ1) is 13.7. The van der Waals surface area contributed by atoms with Gasteiger partial charge in [-0.1, -0.05) is 19.3 Å². The van der Waals surface area contributed by atoms with Gasteiger partial charge < -0.3 is 15.9 Å². The summed E-state index contributed by atoms with van der Waals surface area (Å²) in [6, 6.07) is 6.10.